The molecule has 1 fully saturated rings. The molecule has 126 valence electrons. The molecule has 23 heavy (non-hydrogen) atoms. The smallest absolute Gasteiger partial charge is 0.346 e. The van der Waals surface area contributed by atoms with Crippen LogP contribution in [0.25, 0.3) is 5.57 Å². The standard InChI is InChI=1S/C19H27NO2S/c1-12-4-6-14(7-5-12)17-11-20(3)9-8-15(17)16-10-13(2)23-18(16)19(21)22/h10,12,14H,4-9,11H2,1-3H3,(H,21,22). The highest BCUT2D eigenvalue weighted by atomic mass is 32.1. The van der Waals surface area contributed by atoms with Crippen molar-refractivity contribution in [2.24, 2.45) is 11.8 Å². The van der Waals surface area contributed by atoms with Crippen molar-refractivity contribution in [2.45, 2.75) is 46.0 Å². The molecular formula is C19H27NO2S. The van der Waals surface area contributed by atoms with E-state index < -0.39 is 5.97 Å². The van der Waals surface area contributed by atoms with Crippen LogP contribution in [0.15, 0.2) is 11.6 Å². The minimum absolute atomic E-state index is 0.531. The minimum Gasteiger partial charge on any atom is -0.477 e. The van der Waals surface area contributed by atoms with E-state index in [-0.39, 0.29) is 0 Å². The first-order valence-corrected chi connectivity index (χ1v) is 9.52. The van der Waals surface area contributed by atoms with Crippen molar-refractivity contribution in [3.63, 3.8) is 0 Å². The highest BCUT2D eigenvalue weighted by Crippen LogP contribution is 2.41. The fourth-order valence-corrected chi connectivity index (χ4v) is 5.00. The summed E-state index contributed by atoms with van der Waals surface area (Å²) in [7, 11) is 2.18. The molecule has 0 aromatic carbocycles. The Bertz CT molecular complexity index is 623. The first-order valence-electron chi connectivity index (χ1n) is 8.70. The average Bonchev–Trinajstić information content (AvgIpc) is 2.90. The average molecular weight is 333 g/mol. The summed E-state index contributed by atoms with van der Waals surface area (Å²) >= 11 is 1.42. The number of likely N-dealkylation sites (N-methyl/N-ethyl adjacent to an activating group) is 1. The number of carboxylic acids is 1. The number of carboxylic acid groups (broad SMARTS) is 1. The fraction of sp³-hybridized carbons (Fsp3) is 0.632. The molecule has 0 atom stereocenters. The maximum Gasteiger partial charge on any atom is 0.346 e. The van der Waals surface area contributed by atoms with E-state index in [1.165, 1.54) is 48.2 Å². The molecule has 1 aromatic heterocycles. The number of aromatic carboxylic acids is 1. The third-order valence-corrected chi connectivity index (χ3v) is 6.49. The number of carbonyl (C=O) groups is 1. The van der Waals surface area contributed by atoms with Crippen molar-refractivity contribution in [1.82, 2.24) is 4.90 Å². The molecule has 4 heteroatoms. The van der Waals surface area contributed by atoms with Gasteiger partial charge in [-0.3, -0.25) is 0 Å². The zero-order chi connectivity index (χ0) is 16.6. The predicted molar refractivity (Wildman–Crippen MR) is 96.2 cm³/mol. The molecule has 1 N–H and O–H groups in total. The Hall–Kier alpha value is -1.13. The van der Waals surface area contributed by atoms with Crippen molar-refractivity contribution < 1.29 is 9.90 Å². The third kappa shape index (κ3) is 3.53. The summed E-state index contributed by atoms with van der Waals surface area (Å²) in [5.74, 6) is 0.710. The summed E-state index contributed by atoms with van der Waals surface area (Å²) in [6, 6.07) is 2.10. The van der Waals surface area contributed by atoms with Gasteiger partial charge in [0.15, 0.2) is 0 Å². The van der Waals surface area contributed by atoms with E-state index in [4.69, 9.17) is 0 Å². The first-order chi connectivity index (χ1) is 11.0. The fourth-order valence-electron chi connectivity index (χ4n) is 4.12. The SMILES string of the molecule is Cc1cc(C2=C(C3CCC(C)CC3)CN(C)CC2)c(C(=O)O)s1. The Balaban J connectivity index is 2.01. The molecule has 1 aliphatic carbocycles. The minimum atomic E-state index is -0.777. The molecule has 2 heterocycles. The Labute approximate surface area is 143 Å². The van der Waals surface area contributed by atoms with Crippen molar-refractivity contribution >= 4 is 22.9 Å². The summed E-state index contributed by atoms with van der Waals surface area (Å²) in [6.07, 6.45) is 6.12. The van der Waals surface area contributed by atoms with Crippen molar-refractivity contribution in [1.29, 1.82) is 0 Å². The topological polar surface area (TPSA) is 40.5 Å². The van der Waals surface area contributed by atoms with E-state index in [0.717, 1.165) is 35.9 Å². The molecule has 0 bridgehead atoms. The van der Waals surface area contributed by atoms with Crippen LogP contribution in [0.4, 0.5) is 0 Å². The third-order valence-electron chi connectivity index (χ3n) is 5.45. The normalized spacial score (nSPS) is 26.6. The van der Waals surface area contributed by atoms with Crippen LogP contribution in [0, 0.1) is 18.8 Å². The van der Waals surface area contributed by atoms with Gasteiger partial charge < -0.3 is 10.0 Å². The quantitative estimate of drug-likeness (QED) is 0.874. The second kappa shape index (κ2) is 6.78. The second-order valence-electron chi connectivity index (χ2n) is 7.35. The van der Waals surface area contributed by atoms with Gasteiger partial charge in [-0.05, 0) is 62.3 Å². The summed E-state index contributed by atoms with van der Waals surface area (Å²) in [6.45, 7) is 6.39. The van der Waals surface area contributed by atoms with Crippen LogP contribution in [-0.4, -0.2) is 36.1 Å². The van der Waals surface area contributed by atoms with Gasteiger partial charge in [-0.1, -0.05) is 19.8 Å². The molecule has 1 aliphatic heterocycles. The molecule has 3 rings (SSSR count). The van der Waals surface area contributed by atoms with E-state index in [1.807, 2.05) is 6.92 Å². The largest absolute Gasteiger partial charge is 0.477 e. The van der Waals surface area contributed by atoms with Gasteiger partial charge in [0.1, 0.15) is 4.88 Å². The maximum atomic E-state index is 11.6. The van der Waals surface area contributed by atoms with Gasteiger partial charge in [0, 0.05) is 23.5 Å². The Kier molecular flexibility index (Phi) is 4.93. The molecule has 0 radical (unpaired) electrons. The second-order valence-corrected chi connectivity index (χ2v) is 8.61. The van der Waals surface area contributed by atoms with Gasteiger partial charge in [-0.15, -0.1) is 11.3 Å². The van der Waals surface area contributed by atoms with Gasteiger partial charge in [0.05, 0.1) is 0 Å². The summed E-state index contributed by atoms with van der Waals surface area (Å²) < 4.78 is 0. The predicted octanol–water partition coefficient (Wildman–Crippen LogP) is 4.67. The number of nitrogens with zero attached hydrogens (tertiary/aromatic N) is 1. The highest BCUT2D eigenvalue weighted by molar-refractivity contribution is 7.14. The van der Waals surface area contributed by atoms with Crippen LogP contribution in [0.3, 0.4) is 0 Å². The highest BCUT2D eigenvalue weighted by Gasteiger charge is 2.29. The lowest BCUT2D eigenvalue weighted by atomic mass is 9.75. The lowest BCUT2D eigenvalue weighted by Gasteiger charge is -2.35. The number of hydrogen-bond donors (Lipinski definition) is 1. The van der Waals surface area contributed by atoms with Gasteiger partial charge in [-0.25, -0.2) is 4.79 Å². The van der Waals surface area contributed by atoms with E-state index in [0.29, 0.717) is 10.8 Å². The zero-order valence-corrected chi connectivity index (χ0v) is 15.2. The van der Waals surface area contributed by atoms with Gasteiger partial charge in [-0.2, -0.15) is 0 Å². The van der Waals surface area contributed by atoms with E-state index in [9.17, 15) is 9.90 Å². The molecule has 2 aliphatic rings. The molecule has 0 unspecified atom stereocenters. The maximum absolute atomic E-state index is 11.6. The first kappa shape index (κ1) is 16.7. The monoisotopic (exact) mass is 333 g/mol. The Morgan fingerprint density at radius 3 is 2.65 bits per heavy atom. The number of aryl methyl sites for hydroxylation is 1. The zero-order valence-electron chi connectivity index (χ0n) is 14.4. The van der Waals surface area contributed by atoms with E-state index in [1.54, 1.807) is 0 Å². The van der Waals surface area contributed by atoms with Crippen molar-refractivity contribution in [3.05, 3.63) is 27.0 Å². The molecule has 0 amide bonds. The number of rotatable bonds is 3. The van der Waals surface area contributed by atoms with Crippen LogP contribution in [0.1, 0.15) is 59.1 Å². The van der Waals surface area contributed by atoms with Crippen LogP contribution < -0.4 is 0 Å². The van der Waals surface area contributed by atoms with Gasteiger partial charge in [0.25, 0.3) is 0 Å². The summed E-state index contributed by atoms with van der Waals surface area (Å²) in [5.41, 5.74) is 3.86. The summed E-state index contributed by atoms with van der Waals surface area (Å²) in [4.78, 5) is 15.7. The molecule has 0 saturated heterocycles. The van der Waals surface area contributed by atoms with Crippen molar-refractivity contribution in [3.8, 4) is 0 Å². The van der Waals surface area contributed by atoms with Gasteiger partial charge >= 0.3 is 5.97 Å². The van der Waals surface area contributed by atoms with Crippen LogP contribution in [0.5, 0.6) is 0 Å². The Morgan fingerprint density at radius 2 is 2.00 bits per heavy atom. The van der Waals surface area contributed by atoms with Crippen LogP contribution in [-0.2, 0) is 0 Å². The molecule has 1 aromatic rings. The molecule has 1 saturated carbocycles. The Morgan fingerprint density at radius 1 is 1.30 bits per heavy atom. The lowest BCUT2D eigenvalue weighted by molar-refractivity contribution is 0.0702. The molecule has 3 nitrogen and oxygen atoms in total. The lowest BCUT2D eigenvalue weighted by Crippen LogP contribution is -2.31. The number of thiophene rings is 1. The van der Waals surface area contributed by atoms with E-state index in [2.05, 4.69) is 24.9 Å². The van der Waals surface area contributed by atoms with Crippen LogP contribution >= 0.6 is 11.3 Å². The van der Waals surface area contributed by atoms with Gasteiger partial charge in [0.2, 0.25) is 0 Å². The van der Waals surface area contributed by atoms with Crippen molar-refractivity contribution in [2.75, 3.05) is 20.1 Å². The molecule has 0 spiro atoms. The summed E-state index contributed by atoms with van der Waals surface area (Å²) in [5, 5.41) is 9.57. The van der Waals surface area contributed by atoms with E-state index >= 15 is 0 Å². The molecular weight excluding hydrogens is 306 g/mol. The number of hydrogen-bond acceptors (Lipinski definition) is 3. The van der Waals surface area contributed by atoms with Crippen LogP contribution in [0.2, 0.25) is 0 Å².